The van der Waals surface area contributed by atoms with E-state index in [1.807, 2.05) is 16.9 Å². The highest BCUT2D eigenvalue weighted by atomic mass is 16.1. The molecule has 1 unspecified atom stereocenters. The Kier molecular flexibility index (Phi) is 3.94. The second-order valence-electron chi connectivity index (χ2n) is 8.62. The van der Waals surface area contributed by atoms with Crippen LogP contribution in [0.5, 0.6) is 0 Å². The number of carbonyl (C=O) groups is 1. The summed E-state index contributed by atoms with van der Waals surface area (Å²) in [6, 6.07) is 2.16. The Morgan fingerprint density at radius 2 is 1.91 bits per heavy atom. The number of hydrogen-bond acceptors (Lipinski definition) is 2. The standard InChI is InChI=1S/C19H29N3O/c1-14(3-6-22-5-2-4-20-22)21-18(23)13-19-10-15-7-16(11-19)9-17(8-15)12-19/h2,4-5,14-17H,3,6-13H2,1H3,(H,21,23). The SMILES string of the molecule is CC(CCn1cccn1)NC(=O)CC12CC3CC(CC(C3)C1)C2. The first-order valence-electron chi connectivity index (χ1n) is 9.37. The minimum atomic E-state index is 0.223. The van der Waals surface area contributed by atoms with Crippen molar-refractivity contribution in [1.29, 1.82) is 0 Å². The highest BCUT2D eigenvalue weighted by Crippen LogP contribution is 2.61. The molecule has 4 nitrogen and oxygen atoms in total. The molecule has 126 valence electrons. The molecule has 5 rings (SSSR count). The number of nitrogens with zero attached hydrogens (tertiary/aromatic N) is 2. The van der Waals surface area contributed by atoms with Crippen LogP contribution in [0.25, 0.3) is 0 Å². The van der Waals surface area contributed by atoms with Crippen LogP contribution in [0.1, 0.15) is 58.3 Å². The fraction of sp³-hybridized carbons (Fsp3) is 0.789. The van der Waals surface area contributed by atoms with Crippen LogP contribution < -0.4 is 5.32 Å². The summed E-state index contributed by atoms with van der Waals surface area (Å²) in [5.41, 5.74) is 0.348. The average molecular weight is 315 g/mol. The molecule has 0 saturated heterocycles. The third kappa shape index (κ3) is 3.31. The number of aryl methyl sites for hydroxylation is 1. The van der Waals surface area contributed by atoms with E-state index in [1.165, 1.54) is 38.5 Å². The molecule has 1 aromatic rings. The summed E-state index contributed by atoms with van der Waals surface area (Å²) in [5.74, 6) is 3.05. The summed E-state index contributed by atoms with van der Waals surface area (Å²) in [4.78, 5) is 12.6. The molecule has 1 heterocycles. The van der Waals surface area contributed by atoms with Crippen LogP contribution in [-0.4, -0.2) is 21.7 Å². The zero-order chi connectivity index (χ0) is 15.9. The van der Waals surface area contributed by atoms with Gasteiger partial charge in [0.05, 0.1) is 0 Å². The molecule has 0 spiro atoms. The first-order chi connectivity index (χ1) is 11.1. The van der Waals surface area contributed by atoms with E-state index < -0.39 is 0 Å². The summed E-state index contributed by atoms with van der Waals surface area (Å²) in [6.07, 6.45) is 13.8. The molecule has 4 saturated carbocycles. The first-order valence-corrected chi connectivity index (χ1v) is 9.37. The lowest BCUT2D eigenvalue weighted by Crippen LogP contribution is -2.48. The minimum absolute atomic E-state index is 0.223. The van der Waals surface area contributed by atoms with E-state index in [9.17, 15) is 4.79 Å². The van der Waals surface area contributed by atoms with Crippen molar-refractivity contribution in [2.24, 2.45) is 23.2 Å². The molecular weight excluding hydrogens is 286 g/mol. The zero-order valence-electron chi connectivity index (χ0n) is 14.2. The summed E-state index contributed by atoms with van der Waals surface area (Å²) < 4.78 is 1.93. The highest BCUT2D eigenvalue weighted by Gasteiger charge is 2.51. The van der Waals surface area contributed by atoms with Gasteiger partial charge in [-0.3, -0.25) is 9.48 Å². The molecule has 1 atom stereocenters. The maximum absolute atomic E-state index is 12.6. The third-order valence-electron chi connectivity index (χ3n) is 6.46. The van der Waals surface area contributed by atoms with Crippen molar-refractivity contribution in [3.05, 3.63) is 18.5 Å². The van der Waals surface area contributed by atoms with Crippen LogP contribution in [0, 0.1) is 23.2 Å². The van der Waals surface area contributed by atoms with Gasteiger partial charge in [-0.15, -0.1) is 0 Å². The van der Waals surface area contributed by atoms with Gasteiger partial charge in [0.1, 0.15) is 0 Å². The maximum Gasteiger partial charge on any atom is 0.220 e. The second kappa shape index (κ2) is 5.95. The lowest BCUT2D eigenvalue weighted by atomic mass is 9.49. The smallest absolute Gasteiger partial charge is 0.220 e. The number of nitrogens with one attached hydrogen (secondary N) is 1. The Morgan fingerprint density at radius 1 is 1.26 bits per heavy atom. The Balaban J connectivity index is 1.28. The van der Waals surface area contributed by atoms with Gasteiger partial charge in [0.2, 0.25) is 5.91 Å². The van der Waals surface area contributed by atoms with Gasteiger partial charge < -0.3 is 5.32 Å². The Labute approximate surface area is 139 Å². The molecule has 4 aliphatic rings. The molecule has 4 aliphatic carbocycles. The van der Waals surface area contributed by atoms with Gasteiger partial charge in [-0.2, -0.15) is 5.10 Å². The van der Waals surface area contributed by atoms with Crippen molar-refractivity contribution < 1.29 is 4.79 Å². The molecule has 1 aromatic heterocycles. The van der Waals surface area contributed by atoms with E-state index in [2.05, 4.69) is 17.3 Å². The Hall–Kier alpha value is -1.32. The van der Waals surface area contributed by atoms with Crippen LogP contribution in [0.15, 0.2) is 18.5 Å². The Morgan fingerprint density at radius 3 is 2.48 bits per heavy atom. The quantitative estimate of drug-likeness (QED) is 0.875. The van der Waals surface area contributed by atoms with Crippen molar-refractivity contribution in [1.82, 2.24) is 15.1 Å². The van der Waals surface area contributed by atoms with Crippen molar-refractivity contribution in [2.45, 2.75) is 70.9 Å². The maximum atomic E-state index is 12.6. The number of aromatic nitrogens is 2. The second-order valence-corrected chi connectivity index (χ2v) is 8.62. The van der Waals surface area contributed by atoms with Gasteiger partial charge in [0.25, 0.3) is 0 Å². The topological polar surface area (TPSA) is 46.9 Å². The van der Waals surface area contributed by atoms with Crippen molar-refractivity contribution in [3.63, 3.8) is 0 Å². The van der Waals surface area contributed by atoms with E-state index in [-0.39, 0.29) is 11.9 Å². The first kappa shape index (κ1) is 15.2. The molecule has 1 amide bonds. The summed E-state index contributed by atoms with van der Waals surface area (Å²) in [5, 5.41) is 7.46. The lowest BCUT2D eigenvalue weighted by molar-refractivity contribution is -0.130. The molecule has 4 bridgehead atoms. The number of rotatable bonds is 6. The van der Waals surface area contributed by atoms with Gasteiger partial charge in [-0.1, -0.05) is 0 Å². The van der Waals surface area contributed by atoms with Crippen molar-refractivity contribution in [2.75, 3.05) is 0 Å². The Bertz CT molecular complexity index is 516. The van der Waals surface area contributed by atoms with E-state index in [4.69, 9.17) is 0 Å². The molecule has 1 N–H and O–H groups in total. The molecule has 0 aliphatic heterocycles. The van der Waals surface area contributed by atoms with Gasteiger partial charge >= 0.3 is 0 Å². The summed E-state index contributed by atoms with van der Waals surface area (Å²) in [6.45, 7) is 2.98. The van der Waals surface area contributed by atoms with E-state index in [0.717, 1.165) is 37.1 Å². The molecule has 23 heavy (non-hydrogen) atoms. The summed E-state index contributed by atoms with van der Waals surface area (Å²) in [7, 11) is 0. The number of carbonyl (C=O) groups excluding carboxylic acids is 1. The fourth-order valence-corrected chi connectivity index (χ4v) is 6.00. The molecule has 4 heteroatoms. The van der Waals surface area contributed by atoms with Crippen LogP contribution >= 0.6 is 0 Å². The minimum Gasteiger partial charge on any atom is -0.354 e. The monoisotopic (exact) mass is 315 g/mol. The van der Waals surface area contributed by atoms with Gasteiger partial charge in [-0.25, -0.2) is 0 Å². The van der Waals surface area contributed by atoms with Gasteiger partial charge in [0, 0.05) is 31.4 Å². The van der Waals surface area contributed by atoms with Crippen molar-refractivity contribution >= 4 is 5.91 Å². The molecular formula is C19H29N3O. The van der Waals surface area contributed by atoms with Crippen LogP contribution in [0.2, 0.25) is 0 Å². The van der Waals surface area contributed by atoms with Gasteiger partial charge in [-0.05, 0) is 81.1 Å². The van der Waals surface area contributed by atoms with E-state index in [0.29, 0.717) is 5.41 Å². The highest BCUT2D eigenvalue weighted by molar-refractivity contribution is 5.77. The normalized spacial score (nSPS) is 36.1. The zero-order valence-corrected chi connectivity index (χ0v) is 14.2. The largest absolute Gasteiger partial charge is 0.354 e. The summed E-state index contributed by atoms with van der Waals surface area (Å²) >= 11 is 0. The van der Waals surface area contributed by atoms with Crippen LogP contribution in [0.3, 0.4) is 0 Å². The molecule has 0 aromatic carbocycles. The predicted molar refractivity (Wildman–Crippen MR) is 89.7 cm³/mol. The number of hydrogen-bond donors (Lipinski definition) is 1. The van der Waals surface area contributed by atoms with Crippen LogP contribution in [-0.2, 0) is 11.3 Å². The predicted octanol–water partition coefficient (Wildman–Crippen LogP) is 3.38. The van der Waals surface area contributed by atoms with E-state index in [1.54, 1.807) is 6.20 Å². The lowest BCUT2D eigenvalue weighted by Gasteiger charge is -2.56. The van der Waals surface area contributed by atoms with E-state index >= 15 is 0 Å². The third-order valence-corrected chi connectivity index (χ3v) is 6.46. The molecule has 0 radical (unpaired) electrons. The number of amides is 1. The van der Waals surface area contributed by atoms with Crippen LogP contribution in [0.4, 0.5) is 0 Å². The average Bonchev–Trinajstić information content (AvgIpc) is 2.96. The van der Waals surface area contributed by atoms with Crippen molar-refractivity contribution in [3.8, 4) is 0 Å². The molecule has 4 fully saturated rings. The van der Waals surface area contributed by atoms with Gasteiger partial charge in [0.15, 0.2) is 0 Å². The fourth-order valence-electron chi connectivity index (χ4n) is 6.00.